The minimum absolute atomic E-state index is 0.136. The van der Waals surface area contributed by atoms with E-state index in [1.54, 1.807) is 18.2 Å². The summed E-state index contributed by atoms with van der Waals surface area (Å²) >= 11 is 0. The average Bonchev–Trinajstić information content (AvgIpc) is 2.50. The predicted molar refractivity (Wildman–Crippen MR) is 93.5 cm³/mol. The topological polar surface area (TPSA) is 87.3 Å². The Labute approximate surface area is 141 Å². The van der Waals surface area contributed by atoms with Crippen LogP contribution >= 0.6 is 0 Å². The van der Waals surface area contributed by atoms with Crippen molar-refractivity contribution in [2.45, 2.75) is 31.8 Å². The number of sulfonamides is 1. The second kappa shape index (κ2) is 5.92. The summed E-state index contributed by atoms with van der Waals surface area (Å²) in [6.45, 7) is 5.80. The molecule has 7 heteroatoms. The zero-order chi connectivity index (χ0) is 17.5. The minimum Gasteiger partial charge on any atom is -0.360 e. The van der Waals surface area contributed by atoms with E-state index in [0.29, 0.717) is 11.4 Å². The van der Waals surface area contributed by atoms with Crippen molar-refractivity contribution in [1.82, 2.24) is 4.72 Å². The lowest BCUT2D eigenvalue weighted by Crippen LogP contribution is -2.51. The Balaban J connectivity index is 1.88. The van der Waals surface area contributed by atoms with E-state index in [9.17, 15) is 13.2 Å². The van der Waals surface area contributed by atoms with E-state index in [4.69, 9.17) is 0 Å². The maximum absolute atomic E-state index is 12.6. The van der Waals surface area contributed by atoms with Crippen LogP contribution in [0.4, 0.5) is 11.4 Å². The Hall–Kier alpha value is -2.38. The summed E-state index contributed by atoms with van der Waals surface area (Å²) in [5.41, 5.74) is 4.08. The number of para-hydroxylation sites is 1. The molecule has 3 rings (SSSR count). The smallest absolute Gasteiger partial charge is 0.262 e. The lowest BCUT2D eigenvalue weighted by molar-refractivity contribution is -0.117. The Morgan fingerprint density at radius 2 is 1.71 bits per heavy atom. The molecule has 0 fully saturated rings. The number of carbonyl (C=O) groups excluding carboxylic acids is 1. The van der Waals surface area contributed by atoms with E-state index >= 15 is 0 Å². The van der Waals surface area contributed by atoms with Crippen molar-refractivity contribution in [3.63, 3.8) is 0 Å². The van der Waals surface area contributed by atoms with Crippen LogP contribution in [0.5, 0.6) is 0 Å². The predicted octanol–water partition coefficient (Wildman–Crippen LogP) is 2.28. The van der Waals surface area contributed by atoms with Gasteiger partial charge in [-0.3, -0.25) is 4.79 Å². The van der Waals surface area contributed by atoms with Crippen LogP contribution in [-0.2, 0) is 14.8 Å². The van der Waals surface area contributed by atoms with Crippen LogP contribution in [0, 0.1) is 20.8 Å². The van der Waals surface area contributed by atoms with Crippen LogP contribution in [0.1, 0.15) is 16.7 Å². The summed E-state index contributed by atoms with van der Waals surface area (Å²) in [6, 6.07) is 10.4. The van der Waals surface area contributed by atoms with Gasteiger partial charge < -0.3 is 10.6 Å². The zero-order valence-electron chi connectivity index (χ0n) is 13.7. The second-order valence-electron chi connectivity index (χ2n) is 5.96. The lowest BCUT2D eigenvalue weighted by atomic mass is 10.1. The van der Waals surface area contributed by atoms with Gasteiger partial charge in [0.25, 0.3) is 5.91 Å². The molecule has 0 bridgehead atoms. The number of nitrogens with one attached hydrogen (secondary N) is 3. The summed E-state index contributed by atoms with van der Waals surface area (Å²) in [4.78, 5) is 12.7. The van der Waals surface area contributed by atoms with Gasteiger partial charge in [0.05, 0.1) is 5.69 Å². The second-order valence-corrected chi connectivity index (χ2v) is 7.64. The molecule has 0 saturated heterocycles. The van der Waals surface area contributed by atoms with Crippen LogP contribution in [0.15, 0.2) is 41.3 Å². The first kappa shape index (κ1) is 16.5. The molecule has 1 aliphatic rings. The fraction of sp³-hybridized carbons (Fsp3) is 0.235. The van der Waals surface area contributed by atoms with Gasteiger partial charge in [-0.25, -0.2) is 8.42 Å². The molecule has 0 saturated carbocycles. The Kier molecular flexibility index (Phi) is 4.06. The fourth-order valence-corrected chi connectivity index (χ4v) is 4.19. The van der Waals surface area contributed by atoms with Crippen LogP contribution in [0.3, 0.4) is 0 Å². The molecule has 2 aromatic carbocycles. The van der Waals surface area contributed by atoms with E-state index in [1.165, 1.54) is 6.07 Å². The van der Waals surface area contributed by atoms with Crippen LogP contribution < -0.4 is 15.4 Å². The number of hydrogen-bond acceptors (Lipinski definition) is 4. The normalized spacial score (nSPS) is 18.4. The molecular formula is C17H19N3O3S. The molecular weight excluding hydrogens is 326 g/mol. The van der Waals surface area contributed by atoms with Gasteiger partial charge in [0, 0.05) is 5.69 Å². The molecule has 24 heavy (non-hydrogen) atoms. The molecule has 6 nitrogen and oxygen atoms in total. The molecule has 1 unspecified atom stereocenters. The quantitative estimate of drug-likeness (QED) is 0.779. The van der Waals surface area contributed by atoms with Gasteiger partial charge in [0.15, 0.2) is 6.17 Å². The van der Waals surface area contributed by atoms with E-state index in [2.05, 4.69) is 15.4 Å². The number of rotatable bonds is 2. The van der Waals surface area contributed by atoms with Crippen molar-refractivity contribution in [3.8, 4) is 0 Å². The third-order valence-electron chi connectivity index (χ3n) is 3.94. The van der Waals surface area contributed by atoms with E-state index in [0.717, 1.165) is 16.7 Å². The van der Waals surface area contributed by atoms with E-state index in [1.807, 2.05) is 32.9 Å². The first-order chi connectivity index (χ1) is 11.3. The number of fused-ring (bicyclic) bond motifs is 1. The number of hydrogen-bond donors (Lipinski definition) is 3. The number of benzene rings is 2. The summed E-state index contributed by atoms with van der Waals surface area (Å²) in [7, 11) is -3.73. The maximum atomic E-state index is 12.6. The third-order valence-corrected chi connectivity index (χ3v) is 5.42. The highest BCUT2D eigenvalue weighted by molar-refractivity contribution is 7.89. The van der Waals surface area contributed by atoms with Gasteiger partial charge in [-0.15, -0.1) is 0 Å². The molecule has 0 spiro atoms. The molecule has 1 amide bonds. The summed E-state index contributed by atoms with van der Waals surface area (Å²) in [5, 5.41) is 5.74. The minimum atomic E-state index is -3.73. The Morgan fingerprint density at radius 1 is 1.08 bits per heavy atom. The highest BCUT2D eigenvalue weighted by Gasteiger charge is 2.33. The standard InChI is InChI=1S/C17H19N3O3S/c1-10-8-11(2)15(12(3)9-10)19-17(21)16-18-13-6-4-5-7-14(13)24(22,23)20-16/h4-9,16,18,20H,1-3H3,(H,19,21). The van der Waals surface area contributed by atoms with Gasteiger partial charge in [-0.05, 0) is 44.0 Å². The Bertz CT molecular complexity index is 899. The molecule has 0 aromatic heterocycles. The van der Waals surface area contributed by atoms with Gasteiger partial charge in [0.1, 0.15) is 4.90 Å². The van der Waals surface area contributed by atoms with E-state index in [-0.39, 0.29) is 4.90 Å². The zero-order valence-corrected chi connectivity index (χ0v) is 14.5. The highest BCUT2D eigenvalue weighted by Crippen LogP contribution is 2.26. The van der Waals surface area contributed by atoms with Crippen molar-refractivity contribution >= 4 is 27.3 Å². The van der Waals surface area contributed by atoms with Crippen LogP contribution in [-0.4, -0.2) is 20.5 Å². The fourth-order valence-electron chi connectivity index (χ4n) is 2.92. The van der Waals surface area contributed by atoms with Gasteiger partial charge in [-0.1, -0.05) is 29.8 Å². The SMILES string of the molecule is Cc1cc(C)c(NC(=O)C2Nc3ccccc3S(=O)(=O)N2)c(C)c1. The number of amides is 1. The first-order valence-corrected chi connectivity index (χ1v) is 9.03. The van der Waals surface area contributed by atoms with Crippen molar-refractivity contribution in [1.29, 1.82) is 0 Å². The van der Waals surface area contributed by atoms with E-state index < -0.39 is 22.1 Å². The number of anilines is 2. The largest absolute Gasteiger partial charge is 0.360 e. The molecule has 1 aliphatic heterocycles. The van der Waals surface area contributed by atoms with Crippen LogP contribution in [0.25, 0.3) is 0 Å². The summed E-state index contributed by atoms with van der Waals surface area (Å²) < 4.78 is 26.9. The van der Waals surface area contributed by atoms with Gasteiger partial charge in [0.2, 0.25) is 10.0 Å². The van der Waals surface area contributed by atoms with Crippen molar-refractivity contribution in [3.05, 3.63) is 53.1 Å². The van der Waals surface area contributed by atoms with Gasteiger partial charge >= 0.3 is 0 Å². The molecule has 126 valence electrons. The summed E-state index contributed by atoms with van der Waals surface area (Å²) in [6.07, 6.45) is -1.06. The first-order valence-electron chi connectivity index (χ1n) is 7.54. The van der Waals surface area contributed by atoms with Crippen molar-refractivity contribution < 1.29 is 13.2 Å². The van der Waals surface area contributed by atoms with Crippen molar-refractivity contribution in [2.24, 2.45) is 0 Å². The van der Waals surface area contributed by atoms with Crippen LogP contribution in [0.2, 0.25) is 0 Å². The molecule has 3 N–H and O–H groups in total. The lowest BCUT2D eigenvalue weighted by Gasteiger charge is -2.27. The monoisotopic (exact) mass is 345 g/mol. The molecule has 0 aliphatic carbocycles. The number of aryl methyl sites for hydroxylation is 3. The highest BCUT2D eigenvalue weighted by atomic mass is 32.2. The molecule has 0 radical (unpaired) electrons. The number of carbonyl (C=O) groups is 1. The maximum Gasteiger partial charge on any atom is 0.262 e. The molecule has 1 heterocycles. The Morgan fingerprint density at radius 3 is 2.38 bits per heavy atom. The third kappa shape index (κ3) is 3.00. The van der Waals surface area contributed by atoms with Crippen molar-refractivity contribution in [2.75, 3.05) is 10.6 Å². The van der Waals surface area contributed by atoms with Gasteiger partial charge in [-0.2, -0.15) is 4.72 Å². The summed E-state index contributed by atoms with van der Waals surface area (Å²) in [5.74, 6) is -0.455. The molecule has 1 atom stereocenters. The molecule has 2 aromatic rings. The average molecular weight is 345 g/mol.